The number of rotatable bonds is 6. The van der Waals surface area contributed by atoms with Crippen LogP contribution in [0.25, 0.3) is 0 Å². The standard InChI is InChI=1S/C17H29NO5/c19-16(9-12-23-13-7-10-22-11-8-13)18-15-6-4-2-1-3-5-14(15)17(20)21/h13-15H,1-12H2,(H,18,19)(H,20,21). The summed E-state index contributed by atoms with van der Waals surface area (Å²) in [5.74, 6) is -1.36. The number of carbonyl (C=O) groups is 2. The number of hydrogen-bond donors (Lipinski definition) is 2. The fraction of sp³-hybridized carbons (Fsp3) is 0.882. The van der Waals surface area contributed by atoms with Crippen molar-refractivity contribution in [2.24, 2.45) is 5.92 Å². The second-order valence-corrected chi connectivity index (χ2v) is 6.54. The van der Waals surface area contributed by atoms with E-state index >= 15 is 0 Å². The molecule has 0 radical (unpaired) electrons. The van der Waals surface area contributed by atoms with Crippen molar-refractivity contribution in [1.29, 1.82) is 0 Å². The summed E-state index contributed by atoms with van der Waals surface area (Å²) in [6, 6.07) is -0.247. The van der Waals surface area contributed by atoms with Crippen LogP contribution in [0.15, 0.2) is 0 Å². The van der Waals surface area contributed by atoms with Crippen LogP contribution in [0.1, 0.15) is 57.8 Å². The highest BCUT2D eigenvalue weighted by Gasteiger charge is 2.29. The third-order valence-electron chi connectivity index (χ3n) is 4.78. The Bertz CT molecular complexity index is 381. The van der Waals surface area contributed by atoms with Crippen molar-refractivity contribution in [3.05, 3.63) is 0 Å². The predicted molar refractivity (Wildman–Crippen MR) is 85.2 cm³/mol. The van der Waals surface area contributed by atoms with Gasteiger partial charge >= 0.3 is 5.97 Å². The van der Waals surface area contributed by atoms with Gasteiger partial charge in [-0.2, -0.15) is 0 Å². The second-order valence-electron chi connectivity index (χ2n) is 6.54. The van der Waals surface area contributed by atoms with Crippen molar-refractivity contribution in [3.8, 4) is 0 Å². The van der Waals surface area contributed by atoms with Crippen LogP contribution in [0.2, 0.25) is 0 Å². The Labute approximate surface area is 137 Å². The lowest BCUT2D eigenvalue weighted by molar-refractivity contribution is -0.143. The van der Waals surface area contributed by atoms with E-state index in [-0.39, 0.29) is 18.1 Å². The zero-order valence-corrected chi connectivity index (χ0v) is 13.8. The molecule has 1 saturated heterocycles. The number of amides is 1. The van der Waals surface area contributed by atoms with Gasteiger partial charge in [-0.15, -0.1) is 0 Å². The minimum absolute atomic E-state index is 0.103. The van der Waals surface area contributed by atoms with Gasteiger partial charge in [0, 0.05) is 25.7 Å². The summed E-state index contributed by atoms with van der Waals surface area (Å²) in [5.41, 5.74) is 0. The summed E-state index contributed by atoms with van der Waals surface area (Å²) >= 11 is 0. The number of ether oxygens (including phenoxy) is 2. The molecule has 6 nitrogen and oxygen atoms in total. The van der Waals surface area contributed by atoms with Gasteiger partial charge in [0.25, 0.3) is 0 Å². The van der Waals surface area contributed by atoms with Gasteiger partial charge in [0.15, 0.2) is 0 Å². The molecule has 6 heteroatoms. The molecule has 2 unspecified atom stereocenters. The number of aliphatic carboxylic acids is 1. The Morgan fingerprint density at radius 3 is 2.43 bits per heavy atom. The fourth-order valence-electron chi connectivity index (χ4n) is 3.39. The Morgan fingerprint density at radius 1 is 1.04 bits per heavy atom. The van der Waals surface area contributed by atoms with E-state index in [1.54, 1.807) is 0 Å². The molecule has 2 rings (SSSR count). The van der Waals surface area contributed by atoms with Crippen molar-refractivity contribution in [1.82, 2.24) is 5.32 Å². The Morgan fingerprint density at radius 2 is 1.74 bits per heavy atom. The average Bonchev–Trinajstić information content (AvgIpc) is 2.51. The minimum Gasteiger partial charge on any atom is -0.481 e. The van der Waals surface area contributed by atoms with Gasteiger partial charge < -0.3 is 19.9 Å². The second kappa shape index (κ2) is 9.88. The van der Waals surface area contributed by atoms with Crippen molar-refractivity contribution in [2.45, 2.75) is 69.9 Å². The zero-order chi connectivity index (χ0) is 16.5. The van der Waals surface area contributed by atoms with Gasteiger partial charge in [-0.25, -0.2) is 0 Å². The van der Waals surface area contributed by atoms with Gasteiger partial charge in [0.1, 0.15) is 0 Å². The maximum absolute atomic E-state index is 12.1. The van der Waals surface area contributed by atoms with Crippen LogP contribution in [-0.2, 0) is 19.1 Å². The Balaban J connectivity index is 1.73. The topological polar surface area (TPSA) is 84.9 Å². The number of carboxylic acids is 1. The van der Waals surface area contributed by atoms with Gasteiger partial charge in [0.05, 0.1) is 18.6 Å². The molecule has 0 aromatic rings. The van der Waals surface area contributed by atoms with Gasteiger partial charge in [-0.1, -0.05) is 25.7 Å². The van der Waals surface area contributed by atoms with E-state index in [1.807, 2.05) is 0 Å². The molecule has 1 heterocycles. The maximum Gasteiger partial charge on any atom is 0.308 e. The summed E-state index contributed by atoms with van der Waals surface area (Å²) in [5, 5.41) is 12.3. The SMILES string of the molecule is O=C(CCOC1CCOCC1)NC1CCCCCCC1C(=O)O. The molecular weight excluding hydrogens is 298 g/mol. The predicted octanol–water partition coefficient (Wildman–Crippen LogP) is 2.11. The molecule has 0 spiro atoms. The largest absolute Gasteiger partial charge is 0.481 e. The molecule has 2 fully saturated rings. The molecular formula is C17H29NO5. The smallest absolute Gasteiger partial charge is 0.308 e. The van der Waals surface area contributed by atoms with Crippen LogP contribution in [0.4, 0.5) is 0 Å². The van der Waals surface area contributed by atoms with Crippen molar-refractivity contribution in [2.75, 3.05) is 19.8 Å². The highest BCUT2D eigenvalue weighted by atomic mass is 16.5. The van der Waals surface area contributed by atoms with Gasteiger partial charge in [-0.05, 0) is 25.7 Å². The van der Waals surface area contributed by atoms with E-state index in [9.17, 15) is 14.7 Å². The lowest BCUT2D eigenvalue weighted by Gasteiger charge is -2.27. The molecule has 2 N–H and O–H groups in total. The molecule has 132 valence electrons. The van der Waals surface area contributed by atoms with E-state index in [0.717, 1.165) is 58.2 Å². The van der Waals surface area contributed by atoms with Crippen LogP contribution in [-0.4, -0.2) is 48.9 Å². The maximum atomic E-state index is 12.1. The van der Waals surface area contributed by atoms with E-state index in [0.29, 0.717) is 19.4 Å². The number of hydrogen-bond acceptors (Lipinski definition) is 4. The third-order valence-corrected chi connectivity index (χ3v) is 4.78. The van der Waals surface area contributed by atoms with Gasteiger partial charge in [-0.3, -0.25) is 9.59 Å². The molecule has 0 bridgehead atoms. The summed E-state index contributed by atoms with van der Waals surface area (Å²) < 4.78 is 11.0. The molecule has 2 aliphatic rings. The van der Waals surface area contributed by atoms with Crippen molar-refractivity contribution in [3.63, 3.8) is 0 Å². The molecule has 23 heavy (non-hydrogen) atoms. The first-order valence-corrected chi connectivity index (χ1v) is 8.88. The molecule has 1 amide bonds. The van der Waals surface area contributed by atoms with Crippen LogP contribution in [0.3, 0.4) is 0 Å². The fourth-order valence-corrected chi connectivity index (χ4v) is 3.39. The van der Waals surface area contributed by atoms with Crippen LogP contribution < -0.4 is 5.32 Å². The first-order valence-electron chi connectivity index (χ1n) is 8.88. The molecule has 1 aliphatic carbocycles. The molecule has 2 atom stereocenters. The Hall–Kier alpha value is -1.14. The lowest BCUT2D eigenvalue weighted by Crippen LogP contribution is -2.44. The number of carbonyl (C=O) groups excluding carboxylic acids is 1. The average molecular weight is 327 g/mol. The number of carboxylic acid groups (broad SMARTS) is 1. The first-order chi connectivity index (χ1) is 11.2. The van der Waals surface area contributed by atoms with E-state index in [1.165, 1.54) is 0 Å². The summed E-state index contributed by atoms with van der Waals surface area (Å²) in [6.07, 6.45) is 7.75. The van der Waals surface area contributed by atoms with Crippen LogP contribution >= 0.6 is 0 Å². The minimum atomic E-state index is -0.796. The highest BCUT2D eigenvalue weighted by molar-refractivity contribution is 5.78. The van der Waals surface area contributed by atoms with E-state index in [2.05, 4.69) is 5.32 Å². The van der Waals surface area contributed by atoms with E-state index in [4.69, 9.17) is 9.47 Å². The lowest BCUT2D eigenvalue weighted by atomic mass is 9.86. The van der Waals surface area contributed by atoms with E-state index < -0.39 is 11.9 Å². The highest BCUT2D eigenvalue weighted by Crippen LogP contribution is 2.23. The molecule has 0 aromatic carbocycles. The molecule has 1 aliphatic heterocycles. The summed E-state index contributed by atoms with van der Waals surface area (Å²) in [6.45, 7) is 1.83. The van der Waals surface area contributed by atoms with Crippen molar-refractivity contribution >= 4 is 11.9 Å². The Kier molecular flexibility index (Phi) is 7.82. The van der Waals surface area contributed by atoms with Crippen LogP contribution in [0, 0.1) is 5.92 Å². The third kappa shape index (κ3) is 6.47. The van der Waals surface area contributed by atoms with Crippen molar-refractivity contribution < 1.29 is 24.2 Å². The zero-order valence-electron chi connectivity index (χ0n) is 13.8. The number of nitrogens with one attached hydrogen (secondary N) is 1. The molecule has 1 saturated carbocycles. The van der Waals surface area contributed by atoms with Crippen LogP contribution in [0.5, 0.6) is 0 Å². The van der Waals surface area contributed by atoms with Gasteiger partial charge in [0.2, 0.25) is 5.91 Å². The first kappa shape index (κ1) is 18.2. The molecule has 0 aromatic heterocycles. The quantitative estimate of drug-likeness (QED) is 0.780. The summed E-state index contributed by atoms with van der Waals surface area (Å²) in [7, 11) is 0. The normalized spacial score (nSPS) is 27.0. The summed E-state index contributed by atoms with van der Waals surface area (Å²) in [4.78, 5) is 23.6. The monoisotopic (exact) mass is 327 g/mol.